The van der Waals surface area contributed by atoms with Gasteiger partial charge in [0.25, 0.3) is 5.91 Å². The molecule has 0 aliphatic rings. The summed E-state index contributed by atoms with van der Waals surface area (Å²) in [6.07, 6.45) is 1.58. The Hall–Kier alpha value is -1.36. The van der Waals surface area contributed by atoms with Crippen molar-refractivity contribution in [1.29, 1.82) is 0 Å². The zero-order chi connectivity index (χ0) is 11.3. The lowest BCUT2D eigenvalue weighted by Crippen LogP contribution is -2.36. The van der Waals surface area contributed by atoms with Gasteiger partial charge in [-0.1, -0.05) is 6.92 Å². The Morgan fingerprint density at radius 1 is 1.73 bits per heavy atom. The fourth-order valence-corrected chi connectivity index (χ4v) is 1.35. The molecular formula is C10H18N4O. The van der Waals surface area contributed by atoms with E-state index < -0.39 is 0 Å². The van der Waals surface area contributed by atoms with Crippen molar-refractivity contribution in [2.45, 2.75) is 13.8 Å². The van der Waals surface area contributed by atoms with E-state index in [2.05, 4.69) is 10.2 Å². The molecule has 1 unspecified atom stereocenters. The van der Waals surface area contributed by atoms with Crippen LogP contribution in [-0.2, 0) is 0 Å². The van der Waals surface area contributed by atoms with Gasteiger partial charge in [-0.05, 0) is 25.5 Å². The Bertz CT molecular complexity index is 296. The molecule has 1 aromatic heterocycles. The van der Waals surface area contributed by atoms with E-state index in [9.17, 15) is 4.79 Å². The van der Waals surface area contributed by atoms with Crippen molar-refractivity contribution in [3.63, 3.8) is 0 Å². The molecule has 1 atom stereocenters. The first-order valence-corrected chi connectivity index (χ1v) is 5.17. The minimum atomic E-state index is -0.0182. The molecule has 0 radical (unpaired) electrons. The number of amides is 1. The van der Waals surface area contributed by atoms with E-state index >= 15 is 0 Å². The topological polar surface area (TPSA) is 75.0 Å². The summed E-state index contributed by atoms with van der Waals surface area (Å²) in [4.78, 5) is 13.7. The van der Waals surface area contributed by atoms with E-state index in [0.717, 1.165) is 0 Å². The Balaban J connectivity index is 2.63. The number of aromatic amines is 1. The largest absolute Gasteiger partial charge is 0.337 e. The fraction of sp³-hybridized carbons (Fsp3) is 0.600. The number of carbonyl (C=O) groups is 1. The second-order valence-electron chi connectivity index (χ2n) is 3.65. The van der Waals surface area contributed by atoms with E-state index in [-0.39, 0.29) is 5.91 Å². The van der Waals surface area contributed by atoms with E-state index in [1.165, 1.54) is 0 Å². The van der Waals surface area contributed by atoms with Gasteiger partial charge in [-0.25, -0.2) is 0 Å². The number of carbonyl (C=O) groups excluding carboxylic acids is 1. The van der Waals surface area contributed by atoms with Gasteiger partial charge < -0.3 is 10.6 Å². The molecule has 0 aliphatic carbocycles. The van der Waals surface area contributed by atoms with Crippen molar-refractivity contribution in [2.75, 3.05) is 19.6 Å². The van der Waals surface area contributed by atoms with Crippen LogP contribution in [0.3, 0.4) is 0 Å². The first-order chi connectivity index (χ1) is 7.19. The molecule has 15 heavy (non-hydrogen) atoms. The van der Waals surface area contributed by atoms with Crippen LogP contribution in [0.5, 0.6) is 0 Å². The number of H-pyrrole nitrogens is 1. The van der Waals surface area contributed by atoms with Crippen LogP contribution in [0.15, 0.2) is 12.3 Å². The molecule has 0 aliphatic heterocycles. The molecule has 0 bridgehead atoms. The summed E-state index contributed by atoms with van der Waals surface area (Å²) in [5.41, 5.74) is 6.06. The van der Waals surface area contributed by atoms with Gasteiger partial charge in [-0.3, -0.25) is 9.89 Å². The summed E-state index contributed by atoms with van der Waals surface area (Å²) >= 11 is 0. The smallest absolute Gasteiger partial charge is 0.271 e. The number of rotatable bonds is 5. The van der Waals surface area contributed by atoms with Crippen LogP contribution in [0.25, 0.3) is 0 Å². The van der Waals surface area contributed by atoms with Crippen molar-refractivity contribution in [2.24, 2.45) is 11.7 Å². The molecular weight excluding hydrogens is 192 g/mol. The second-order valence-corrected chi connectivity index (χ2v) is 3.65. The highest BCUT2D eigenvalue weighted by atomic mass is 16.2. The molecule has 0 spiro atoms. The Morgan fingerprint density at radius 2 is 2.47 bits per heavy atom. The lowest BCUT2D eigenvalue weighted by Gasteiger charge is -2.23. The summed E-state index contributed by atoms with van der Waals surface area (Å²) < 4.78 is 0. The molecule has 84 valence electrons. The molecule has 5 nitrogen and oxygen atoms in total. The van der Waals surface area contributed by atoms with Gasteiger partial charge in [0.2, 0.25) is 0 Å². The molecule has 5 heteroatoms. The van der Waals surface area contributed by atoms with Crippen LogP contribution in [-0.4, -0.2) is 40.6 Å². The SMILES string of the molecule is CCN(CC(C)CN)C(=O)c1ccn[nH]1. The average molecular weight is 210 g/mol. The zero-order valence-corrected chi connectivity index (χ0v) is 9.23. The van der Waals surface area contributed by atoms with Gasteiger partial charge >= 0.3 is 0 Å². The van der Waals surface area contributed by atoms with Gasteiger partial charge in [-0.15, -0.1) is 0 Å². The van der Waals surface area contributed by atoms with Crippen molar-refractivity contribution >= 4 is 5.91 Å². The minimum Gasteiger partial charge on any atom is -0.337 e. The van der Waals surface area contributed by atoms with Crippen LogP contribution in [0.2, 0.25) is 0 Å². The monoisotopic (exact) mass is 210 g/mol. The van der Waals surface area contributed by atoms with Crippen molar-refractivity contribution in [3.8, 4) is 0 Å². The number of nitrogens with two attached hydrogens (primary N) is 1. The summed E-state index contributed by atoms with van der Waals surface area (Å²) in [5, 5.41) is 6.43. The number of hydrogen-bond acceptors (Lipinski definition) is 3. The van der Waals surface area contributed by atoms with Crippen molar-refractivity contribution in [3.05, 3.63) is 18.0 Å². The maximum atomic E-state index is 11.9. The van der Waals surface area contributed by atoms with Crippen molar-refractivity contribution < 1.29 is 4.79 Å². The molecule has 0 saturated heterocycles. The van der Waals surface area contributed by atoms with Crippen LogP contribution >= 0.6 is 0 Å². The highest BCUT2D eigenvalue weighted by molar-refractivity contribution is 5.92. The van der Waals surface area contributed by atoms with Crippen LogP contribution < -0.4 is 5.73 Å². The lowest BCUT2D eigenvalue weighted by atomic mass is 10.1. The number of hydrogen-bond donors (Lipinski definition) is 2. The molecule has 3 N–H and O–H groups in total. The third kappa shape index (κ3) is 3.06. The standard InChI is InChI=1S/C10H18N4O/c1-3-14(7-8(2)6-11)10(15)9-4-5-12-13-9/h4-5,8H,3,6-7,11H2,1-2H3,(H,12,13). The van der Waals surface area contributed by atoms with Gasteiger partial charge in [0.05, 0.1) is 0 Å². The first-order valence-electron chi connectivity index (χ1n) is 5.17. The van der Waals surface area contributed by atoms with Gasteiger partial charge in [0, 0.05) is 19.3 Å². The van der Waals surface area contributed by atoms with Gasteiger partial charge in [0.15, 0.2) is 0 Å². The summed E-state index contributed by atoms with van der Waals surface area (Å²) in [7, 11) is 0. The summed E-state index contributed by atoms with van der Waals surface area (Å²) in [5.74, 6) is 0.298. The third-order valence-electron chi connectivity index (χ3n) is 2.33. The Labute approximate surface area is 89.6 Å². The van der Waals surface area contributed by atoms with Crippen LogP contribution in [0, 0.1) is 5.92 Å². The molecule has 0 saturated carbocycles. The molecule has 1 amide bonds. The van der Waals surface area contributed by atoms with Crippen LogP contribution in [0.1, 0.15) is 24.3 Å². The first kappa shape index (κ1) is 11.7. The van der Waals surface area contributed by atoms with Gasteiger partial charge in [0.1, 0.15) is 5.69 Å². The quantitative estimate of drug-likeness (QED) is 0.741. The predicted molar refractivity (Wildman–Crippen MR) is 58.4 cm³/mol. The second kappa shape index (κ2) is 5.50. The highest BCUT2D eigenvalue weighted by Crippen LogP contribution is 2.04. The van der Waals surface area contributed by atoms with E-state index in [1.54, 1.807) is 17.2 Å². The maximum Gasteiger partial charge on any atom is 0.271 e. The highest BCUT2D eigenvalue weighted by Gasteiger charge is 2.16. The average Bonchev–Trinajstić information content (AvgIpc) is 2.77. The lowest BCUT2D eigenvalue weighted by molar-refractivity contribution is 0.0738. The fourth-order valence-electron chi connectivity index (χ4n) is 1.35. The van der Waals surface area contributed by atoms with E-state index in [1.807, 2.05) is 13.8 Å². The third-order valence-corrected chi connectivity index (χ3v) is 2.33. The van der Waals surface area contributed by atoms with E-state index in [0.29, 0.717) is 31.2 Å². The van der Waals surface area contributed by atoms with Crippen molar-refractivity contribution in [1.82, 2.24) is 15.1 Å². The Kier molecular flexibility index (Phi) is 4.30. The molecule has 1 heterocycles. The number of nitrogens with one attached hydrogen (secondary N) is 1. The number of nitrogens with zero attached hydrogens (tertiary/aromatic N) is 2. The maximum absolute atomic E-state index is 11.9. The van der Waals surface area contributed by atoms with E-state index in [4.69, 9.17) is 5.73 Å². The molecule has 0 fully saturated rings. The molecule has 1 rings (SSSR count). The zero-order valence-electron chi connectivity index (χ0n) is 9.23. The summed E-state index contributed by atoms with van der Waals surface area (Å²) in [6, 6.07) is 1.68. The minimum absolute atomic E-state index is 0.0182. The predicted octanol–water partition coefficient (Wildman–Crippen LogP) is 0.467. The van der Waals surface area contributed by atoms with Crippen LogP contribution in [0.4, 0.5) is 0 Å². The Morgan fingerprint density at radius 3 is 2.93 bits per heavy atom. The normalized spacial score (nSPS) is 12.5. The molecule has 0 aromatic carbocycles. The molecule has 1 aromatic rings. The van der Waals surface area contributed by atoms with Gasteiger partial charge in [-0.2, -0.15) is 5.10 Å². The number of aromatic nitrogens is 2. The summed E-state index contributed by atoms with van der Waals surface area (Å²) in [6.45, 7) is 5.94.